The normalized spacial score (nSPS) is 13.8. The molecule has 6 nitrogen and oxygen atoms in total. The molecule has 1 amide bonds. The Morgan fingerprint density at radius 2 is 1.93 bits per heavy atom. The summed E-state index contributed by atoms with van der Waals surface area (Å²) in [6, 6.07) is 12.1. The van der Waals surface area contributed by atoms with E-state index in [1.807, 2.05) is 0 Å². The summed E-state index contributed by atoms with van der Waals surface area (Å²) in [5.41, 5.74) is 2.07. The first-order chi connectivity index (χ1) is 14.4. The predicted octanol–water partition coefficient (Wildman–Crippen LogP) is 3.72. The third-order valence-electron chi connectivity index (χ3n) is 5.18. The van der Waals surface area contributed by atoms with Crippen molar-refractivity contribution in [1.82, 2.24) is 14.7 Å². The van der Waals surface area contributed by atoms with Crippen molar-refractivity contribution in [2.75, 3.05) is 20.2 Å². The van der Waals surface area contributed by atoms with Gasteiger partial charge in [0.1, 0.15) is 11.6 Å². The van der Waals surface area contributed by atoms with Crippen LogP contribution in [0.1, 0.15) is 22.0 Å². The summed E-state index contributed by atoms with van der Waals surface area (Å²) in [7, 11) is 1.54. The highest BCUT2D eigenvalue weighted by molar-refractivity contribution is 6.30. The number of hydrogen-bond donors (Lipinski definition) is 0. The maximum Gasteiger partial charge on any atom is 0.267 e. The number of aryl methyl sites for hydroxylation is 1. The van der Waals surface area contributed by atoms with E-state index in [9.17, 15) is 14.0 Å². The Bertz CT molecular complexity index is 1190. The van der Waals surface area contributed by atoms with E-state index in [-0.39, 0.29) is 23.3 Å². The molecule has 0 spiro atoms. The minimum atomic E-state index is -0.379. The van der Waals surface area contributed by atoms with Gasteiger partial charge in [-0.05, 0) is 55.0 Å². The summed E-state index contributed by atoms with van der Waals surface area (Å²) in [5, 5.41) is 5.03. The van der Waals surface area contributed by atoms with Crippen molar-refractivity contribution in [3.63, 3.8) is 0 Å². The first kappa shape index (κ1) is 20.1. The van der Waals surface area contributed by atoms with Crippen molar-refractivity contribution in [2.24, 2.45) is 0 Å². The lowest BCUT2D eigenvalue weighted by atomic mass is 10.0. The number of likely N-dealkylation sites (tertiary alicyclic amines) is 1. The fraction of sp³-hybridized carbons (Fsp3) is 0.227. The number of amides is 1. The maximum atomic E-state index is 13.3. The zero-order valence-corrected chi connectivity index (χ0v) is 17.2. The van der Waals surface area contributed by atoms with E-state index in [0.717, 1.165) is 0 Å². The second-order valence-electron chi connectivity index (χ2n) is 7.17. The summed E-state index contributed by atoms with van der Waals surface area (Å²) in [6.45, 7) is 2.40. The highest BCUT2D eigenvalue weighted by Gasteiger charge is 2.34. The Morgan fingerprint density at radius 3 is 2.63 bits per heavy atom. The van der Waals surface area contributed by atoms with Gasteiger partial charge in [-0.25, -0.2) is 9.07 Å². The van der Waals surface area contributed by atoms with Gasteiger partial charge in [0.25, 0.3) is 11.5 Å². The number of methoxy groups -OCH3 is 1. The average molecular weight is 428 g/mol. The molecule has 1 aromatic heterocycles. The van der Waals surface area contributed by atoms with Gasteiger partial charge in [0.05, 0.1) is 18.8 Å². The molecule has 2 aromatic carbocycles. The largest absolute Gasteiger partial charge is 0.496 e. The summed E-state index contributed by atoms with van der Waals surface area (Å²) in [5.74, 6) is -0.0135. The fourth-order valence-electron chi connectivity index (χ4n) is 3.52. The standard InChI is InChI=1S/C22H19ClFN3O3/c1-13-9-15(24)4-6-17(13)22(29)26-11-16(12-26)27-21(28)8-7-19(25-27)18-5-3-14(23)10-20(18)30-2/h3-10,16H,11-12H2,1-2H3. The van der Waals surface area contributed by atoms with Crippen LogP contribution in [0.25, 0.3) is 11.3 Å². The van der Waals surface area contributed by atoms with Crippen LogP contribution in [0.2, 0.25) is 5.02 Å². The van der Waals surface area contributed by atoms with E-state index in [1.54, 1.807) is 36.1 Å². The molecule has 0 N–H and O–H groups in total. The lowest BCUT2D eigenvalue weighted by molar-refractivity contribution is 0.0492. The molecule has 0 bridgehead atoms. The topological polar surface area (TPSA) is 64.4 Å². The zero-order chi connectivity index (χ0) is 21.4. The fourth-order valence-corrected chi connectivity index (χ4v) is 3.68. The smallest absolute Gasteiger partial charge is 0.267 e. The SMILES string of the molecule is COc1cc(Cl)ccc1-c1ccc(=O)n(C2CN(C(=O)c3ccc(F)cc3C)C2)n1. The molecule has 1 saturated heterocycles. The molecule has 1 fully saturated rings. The van der Waals surface area contributed by atoms with Gasteiger partial charge in [-0.2, -0.15) is 5.10 Å². The first-order valence-corrected chi connectivity index (χ1v) is 9.74. The van der Waals surface area contributed by atoms with Crippen LogP contribution in [-0.4, -0.2) is 40.8 Å². The molecular formula is C22H19ClFN3O3. The van der Waals surface area contributed by atoms with Gasteiger partial charge in [0, 0.05) is 35.3 Å². The number of benzene rings is 2. The third-order valence-corrected chi connectivity index (χ3v) is 5.41. The molecule has 0 radical (unpaired) electrons. The van der Waals surface area contributed by atoms with Crippen LogP contribution in [-0.2, 0) is 0 Å². The number of ether oxygens (including phenoxy) is 1. The number of rotatable bonds is 4. The molecule has 0 unspecified atom stereocenters. The maximum absolute atomic E-state index is 13.3. The van der Waals surface area contributed by atoms with Crippen LogP contribution < -0.4 is 10.3 Å². The molecule has 4 rings (SSSR count). The summed E-state index contributed by atoms with van der Waals surface area (Å²) in [6.07, 6.45) is 0. The second-order valence-corrected chi connectivity index (χ2v) is 7.61. The summed E-state index contributed by atoms with van der Waals surface area (Å²) >= 11 is 6.02. The van der Waals surface area contributed by atoms with Gasteiger partial charge in [0.2, 0.25) is 0 Å². The van der Waals surface area contributed by atoms with Crippen molar-refractivity contribution in [3.05, 3.63) is 80.9 Å². The van der Waals surface area contributed by atoms with Crippen LogP contribution in [0.3, 0.4) is 0 Å². The van der Waals surface area contributed by atoms with Gasteiger partial charge in [-0.3, -0.25) is 9.59 Å². The van der Waals surface area contributed by atoms with Crippen LogP contribution in [0.5, 0.6) is 5.75 Å². The van der Waals surface area contributed by atoms with E-state index in [2.05, 4.69) is 5.10 Å². The predicted molar refractivity (Wildman–Crippen MR) is 112 cm³/mol. The molecule has 0 saturated carbocycles. The molecule has 1 aliphatic heterocycles. The van der Waals surface area contributed by atoms with Crippen molar-refractivity contribution >= 4 is 17.5 Å². The molecule has 0 atom stereocenters. The van der Waals surface area contributed by atoms with E-state index < -0.39 is 0 Å². The number of carbonyl (C=O) groups excluding carboxylic acids is 1. The minimum absolute atomic E-state index is 0.188. The van der Waals surface area contributed by atoms with Crippen molar-refractivity contribution < 1.29 is 13.9 Å². The van der Waals surface area contributed by atoms with Crippen molar-refractivity contribution in [2.45, 2.75) is 13.0 Å². The molecule has 30 heavy (non-hydrogen) atoms. The molecule has 0 aliphatic carbocycles. The van der Waals surface area contributed by atoms with Gasteiger partial charge < -0.3 is 9.64 Å². The van der Waals surface area contributed by atoms with Crippen LogP contribution >= 0.6 is 11.6 Å². The van der Waals surface area contributed by atoms with Gasteiger partial charge >= 0.3 is 0 Å². The number of halogens is 2. The van der Waals surface area contributed by atoms with Crippen LogP contribution in [0.4, 0.5) is 4.39 Å². The molecule has 2 heterocycles. The summed E-state index contributed by atoms with van der Waals surface area (Å²) in [4.78, 5) is 26.7. The van der Waals surface area contributed by atoms with E-state index in [4.69, 9.17) is 16.3 Å². The number of nitrogens with zero attached hydrogens (tertiary/aromatic N) is 3. The van der Waals surface area contributed by atoms with E-state index in [1.165, 1.54) is 36.1 Å². The molecule has 154 valence electrons. The Balaban J connectivity index is 1.56. The molecule has 1 aliphatic rings. The third kappa shape index (κ3) is 3.68. The highest BCUT2D eigenvalue weighted by atomic mass is 35.5. The Kier molecular flexibility index (Phi) is 5.30. The van der Waals surface area contributed by atoms with Gasteiger partial charge in [-0.1, -0.05) is 11.6 Å². The van der Waals surface area contributed by atoms with Gasteiger partial charge in [-0.15, -0.1) is 0 Å². The van der Waals surface area contributed by atoms with Crippen molar-refractivity contribution in [3.8, 4) is 17.0 Å². The Labute approximate surface area is 177 Å². The van der Waals surface area contributed by atoms with Crippen LogP contribution in [0.15, 0.2) is 53.3 Å². The monoisotopic (exact) mass is 427 g/mol. The van der Waals surface area contributed by atoms with Crippen molar-refractivity contribution in [1.29, 1.82) is 0 Å². The lowest BCUT2D eigenvalue weighted by Gasteiger charge is -2.39. The number of aromatic nitrogens is 2. The zero-order valence-electron chi connectivity index (χ0n) is 16.4. The van der Waals surface area contributed by atoms with E-state index in [0.29, 0.717) is 46.2 Å². The second kappa shape index (κ2) is 7.91. The van der Waals surface area contributed by atoms with Gasteiger partial charge in [0.15, 0.2) is 0 Å². The van der Waals surface area contributed by atoms with E-state index >= 15 is 0 Å². The summed E-state index contributed by atoms with van der Waals surface area (Å²) < 4.78 is 20.1. The Hall–Kier alpha value is -3.19. The molecule has 8 heteroatoms. The number of hydrogen-bond acceptors (Lipinski definition) is 4. The average Bonchev–Trinajstić information content (AvgIpc) is 2.68. The van der Waals surface area contributed by atoms with Crippen LogP contribution in [0, 0.1) is 12.7 Å². The lowest BCUT2D eigenvalue weighted by Crippen LogP contribution is -2.53. The molecular weight excluding hydrogens is 409 g/mol. The first-order valence-electron chi connectivity index (χ1n) is 9.36. The number of carbonyl (C=O) groups is 1. The molecule has 3 aromatic rings. The highest BCUT2D eigenvalue weighted by Crippen LogP contribution is 2.31. The minimum Gasteiger partial charge on any atom is -0.496 e. The Morgan fingerprint density at radius 1 is 1.17 bits per heavy atom. The quantitative estimate of drug-likeness (QED) is 0.636.